The maximum absolute atomic E-state index is 12.0. The SMILES string of the molecule is COc1ccc(C[NH+]2CC[NH+](CC(=O)NCCC(C)C)CC2)cc1. The van der Waals surface area contributed by atoms with E-state index in [0.29, 0.717) is 12.5 Å². The summed E-state index contributed by atoms with van der Waals surface area (Å²) in [7, 11) is 1.70. The molecule has 1 amide bonds. The first-order valence-corrected chi connectivity index (χ1v) is 9.13. The number of piperazine rings is 1. The Morgan fingerprint density at radius 2 is 1.75 bits per heavy atom. The van der Waals surface area contributed by atoms with Gasteiger partial charge in [-0.1, -0.05) is 13.8 Å². The third-order valence-corrected chi connectivity index (χ3v) is 4.73. The van der Waals surface area contributed by atoms with Crippen LogP contribution in [-0.4, -0.2) is 52.3 Å². The van der Waals surface area contributed by atoms with Crippen molar-refractivity contribution in [3.05, 3.63) is 29.8 Å². The number of hydrogen-bond acceptors (Lipinski definition) is 2. The van der Waals surface area contributed by atoms with Crippen LogP contribution in [0.4, 0.5) is 0 Å². The summed E-state index contributed by atoms with van der Waals surface area (Å²) in [6, 6.07) is 8.34. The van der Waals surface area contributed by atoms with Crippen LogP contribution >= 0.6 is 0 Å². The normalized spacial score (nSPS) is 20.8. The third kappa shape index (κ3) is 6.49. The highest BCUT2D eigenvalue weighted by molar-refractivity contribution is 5.76. The van der Waals surface area contributed by atoms with Gasteiger partial charge in [-0.15, -0.1) is 0 Å². The lowest BCUT2D eigenvalue weighted by Crippen LogP contribution is -3.28. The second-order valence-electron chi connectivity index (χ2n) is 7.23. The van der Waals surface area contributed by atoms with Crippen molar-refractivity contribution in [1.82, 2.24) is 5.32 Å². The number of rotatable bonds is 8. The third-order valence-electron chi connectivity index (χ3n) is 4.73. The van der Waals surface area contributed by atoms with Crippen molar-refractivity contribution in [2.45, 2.75) is 26.8 Å². The fraction of sp³-hybridized carbons (Fsp3) is 0.632. The van der Waals surface area contributed by atoms with Crippen LogP contribution in [0.15, 0.2) is 24.3 Å². The average molecular weight is 335 g/mol. The first kappa shape index (κ1) is 18.7. The topological polar surface area (TPSA) is 47.2 Å². The number of benzene rings is 1. The van der Waals surface area contributed by atoms with Gasteiger partial charge in [0.05, 0.1) is 7.11 Å². The summed E-state index contributed by atoms with van der Waals surface area (Å²) in [5.74, 6) is 1.75. The van der Waals surface area contributed by atoms with Crippen molar-refractivity contribution in [3.8, 4) is 5.75 Å². The maximum atomic E-state index is 12.0. The van der Waals surface area contributed by atoms with Gasteiger partial charge in [0, 0.05) is 12.1 Å². The van der Waals surface area contributed by atoms with E-state index in [1.54, 1.807) is 12.0 Å². The Balaban J connectivity index is 1.66. The monoisotopic (exact) mass is 335 g/mol. The molecular weight excluding hydrogens is 302 g/mol. The molecule has 24 heavy (non-hydrogen) atoms. The molecule has 0 unspecified atom stereocenters. The maximum Gasteiger partial charge on any atom is 0.275 e. The number of carbonyl (C=O) groups excluding carboxylic acids is 1. The first-order valence-electron chi connectivity index (χ1n) is 9.13. The van der Waals surface area contributed by atoms with E-state index in [1.807, 2.05) is 12.1 Å². The highest BCUT2D eigenvalue weighted by atomic mass is 16.5. The van der Waals surface area contributed by atoms with Gasteiger partial charge >= 0.3 is 0 Å². The molecule has 1 aromatic rings. The summed E-state index contributed by atoms with van der Waals surface area (Å²) in [4.78, 5) is 15.0. The predicted molar refractivity (Wildman–Crippen MR) is 95.4 cm³/mol. The second-order valence-corrected chi connectivity index (χ2v) is 7.23. The number of hydrogen-bond donors (Lipinski definition) is 3. The van der Waals surface area contributed by atoms with Gasteiger partial charge in [0.25, 0.3) is 5.91 Å². The minimum absolute atomic E-state index is 0.198. The Morgan fingerprint density at radius 1 is 1.12 bits per heavy atom. The van der Waals surface area contributed by atoms with E-state index >= 15 is 0 Å². The van der Waals surface area contributed by atoms with E-state index in [9.17, 15) is 4.79 Å². The Kier molecular flexibility index (Phi) is 7.53. The molecule has 3 N–H and O–H groups in total. The first-order chi connectivity index (χ1) is 11.6. The Hall–Kier alpha value is -1.59. The lowest BCUT2D eigenvalue weighted by Gasteiger charge is -2.29. The highest BCUT2D eigenvalue weighted by Crippen LogP contribution is 2.10. The van der Waals surface area contributed by atoms with E-state index < -0.39 is 0 Å². The van der Waals surface area contributed by atoms with Crippen LogP contribution in [0.25, 0.3) is 0 Å². The molecule has 0 saturated carbocycles. The van der Waals surface area contributed by atoms with Crippen molar-refractivity contribution in [1.29, 1.82) is 0 Å². The molecule has 1 fully saturated rings. The zero-order chi connectivity index (χ0) is 17.4. The quantitative estimate of drug-likeness (QED) is 0.579. The number of nitrogens with one attached hydrogen (secondary N) is 3. The second kappa shape index (κ2) is 9.64. The molecule has 134 valence electrons. The minimum Gasteiger partial charge on any atom is -0.497 e. The molecule has 5 nitrogen and oxygen atoms in total. The lowest BCUT2D eigenvalue weighted by molar-refractivity contribution is -1.02. The number of amides is 1. The molecule has 0 aliphatic carbocycles. The van der Waals surface area contributed by atoms with Crippen LogP contribution in [0.2, 0.25) is 0 Å². The number of methoxy groups -OCH3 is 1. The van der Waals surface area contributed by atoms with E-state index in [2.05, 4.69) is 31.3 Å². The molecule has 1 aliphatic rings. The summed E-state index contributed by atoms with van der Waals surface area (Å²) in [5.41, 5.74) is 1.35. The molecular formula is C19H33N3O2+2. The smallest absolute Gasteiger partial charge is 0.275 e. The number of carbonyl (C=O) groups is 1. The van der Waals surface area contributed by atoms with Crippen molar-refractivity contribution in [3.63, 3.8) is 0 Å². The standard InChI is InChI=1S/C19H31N3O2/c1-16(2)8-9-20-19(23)15-22-12-10-21(11-13-22)14-17-4-6-18(24-3)7-5-17/h4-7,16H,8-15H2,1-3H3,(H,20,23)/p+2. The summed E-state index contributed by atoms with van der Waals surface area (Å²) in [6.45, 7) is 11.2. The summed E-state index contributed by atoms with van der Waals surface area (Å²) < 4.78 is 5.20. The highest BCUT2D eigenvalue weighted by Gasteiger charge is 2.24. The molecule has 1 saturated heterocycles. The van der Waals surface area contributed by atoms with Gasteiger partial charge in [0.2, 0.25) is 0 Å². The molecule has 0 spiro atoms. The Labute approximate surface area is 146 Å². The molecule has 1 aliphatic heterocycles. The molecule has 0 bridgehead atoms. The molecule has 0 atom stereocenters. The van der Waals surface area contributed by atoms with Gasteiger partial charge in [0.15, 0.2) is 6.54 Å². The Bertz CT molecular complexity index is 494. The minimum atomic E-state index is 0.198. The largest absolute Gasteiger partial charge is 0.497 e. The van der Waals surface area contributed by atoms with Crippen molar-refractivity contribution in [2.75, 3.05) is 46.4 Å². The van der Waals surface area contributed by atoms with E-state index in [4.69, 9.17) is 4.74 Å². The van der Waals surface area contributed by atoms with Gasteiger partial charge in [-0.2, -0.15) is 0 Å². The van der Waals surface area contributed by atoms with Crippen molar-refractivity contribution >= 4 is 5.91 Å². The van der Waals surface area contributed by atoms with Crippen molar-refractivity contribution < 1.29 is 19.3 Å². The number of ether oxygens (including phenoxy) is 1. The van der Waals surface area contributed by atoms with Gasteiger partial charge < -0.3 is 19.9 Å². The fourth-order valence-electron chi connectivity index (χ4n) is 3.13. The van der Waals surface area contributed by atoms with Crippen LogP contribution in [0.3, 0.4) is 0 Å². The predicted octanol–water partition coefficient (Wildman–Crippen LogP) is -0.859. The molecule has 5 heteroatoms. The summed E-state index contributed by atoms with van der Waals surface area (Å²) in [5, 5.41) is 3.04. The van der Waals surface area contributed by atoms with Crippen LogP contribution in [-0.2, 0) is 11.3 Å². The molecule has 1 aromatic carbocycles. The van der Waals surface area contributed by atoms with Crippen LogP contribution < -0.4 is 19.9 Å². The fourth-order valence-corrected chi connectivity index (χ4v) is 3.13. The van der Waals surface area contributed by atoms with Gasteiger partial charge in [-0.05, 0) is 36.6 Å². The molecule has 1 heterocycles. The van der Waals surface area contributed by atoms with Gasteiger partial charge in [-0.3, -0.25) is 4.79 Å². The van der Waals surface area contributed by atoms with Crippen LogP contribution in [0, 0.1) is 5.92 Å². The molecule has 2 rings (SSSR count). The van der Waals surface area contributed by atoms with E-state index in [1.165, 1.54) is 10.5 Å². The van der Waals surface area contributed by atoms with E-state index in [-0.39, 0.29) is 5.91 Å². The summed E-state index contributed by atoms with van der Waals surface area (Å²) >= 11 is 0. The van der Waals surface area contributed by atoms with Crippen molar-refractivity contribution in [2.24, 2.45) is 5.92 Å². The zero-order valence-electron chi connectivity index (χ0n) is 15.4. The molecule has 0 radical (unpaired) electrons. The average Bonchev–Trinajstić information content (AvgIpc) is 2.57. The van der Waals surface area contributed by atoms with Crippen LogP contribution in [0.1, 0.15) is 25.8 Å². The Morgan fingerprint density at radius 3 is 2.33 bits per heavy atom. The van der Waals surface area contributed by atoms with E-state index in [0.717, 1.165) is 51.4 Å². The van der Waals surface area contributed by atoms with Gasteiger partial charge in [-0.25, -0.2) is 0 Å². The zero-order valence-corrected chi connectivity index (χ0v) is 15.4. The number of quaternary nitrogens is 2. The molecule has 0 aromatic heterocycles. The lowest BCUT2D eigenvalue weighted by atomic mass is 10.1. The summed E-state index contributed by atoms with van der Waals surface area (Å²) in [6.07, 6.45) is 1.06. The van der Waals surface area contributed by atoms with Crippen LogP contribution in [0.5, 0.6) is 5.75 Å². The van der Waals surface area contributed by atoms with Gasteiger partial charge in [0.1, 0.15) is 38.5 Å².